The van der Waals surface area contributed by atoms with Gasteiger partial charge in [-0.2, -0.15) is 0 Å². The molecule has 0 bridgehead atoms. The molecular weight excluding hydrogens is 142 g/mol. The lowest BCUT2D eigenvalue weighted by atomic mass is 11.1. The zero-order chi connectivity index (χ0) is 7.56. The number of hydrogen-bond acceptors (Lipinski definition) is 5. The molecule has 0 spiro atoms. The van der Waals surface area contributed by atoms with Gasteiger partial charge in [0.1, 0.15) is 0 Å². The van der Waals surface area contributed by atoms with Crippen LogP contribution in [0.1, 0.15) is 0 Å². The summed E-state index contributed by atoms with van der Waals surface area (Å²) < 4.78 is 0. The number of nitrogens with two attached hydrogens (primary N) is 1. The highest BCUT2D eigenvalue weighted by Crippen LogP contribution is 1.71. The highest BCUT2D eigenvalue weighted by Gasteiger charge is 2.14. The smallest absolute Gasteiger partial charge is 0.361 e. The summed E-state index contributed by atoms with van der Waals surface area (Å²) in [4.78, 5) is 10.5. The molecule has 0 saturated heterocycles. The van der Waals surface area contributed by atoms with E-state index in [-0.39, 0.29) is 5.95 Å². The van der Waals surface area contributed by atoms with Gasteiger partial charge in [-0.25, -0.2) is 0 Å². The Morgan fingerprint density at radius 2 is 2.60 bits per heavy atom. The maximum atomic E-state index is 9.76. The van der Waals surface area contributed by atoms with Crippen molar-refractivity contribution in [2.75, 3.05) is 11.3 Å². The first-order valence-electron chi connectivity index (χ1n) is 2.20. The van der Waals surface area contributed by atoms with Crippen molar-refractivity contribution in [1.82, 2.24) is 15.5 Å². The van der Waals surface area contributed by atoms with Crippen molar-refractivity contribution in [1.29, 1.82) is 0 Å². The minimum Gasteiger partial charge on any atom is -0.361 e. The molecule has 1 aromatic rings. The van der Waals surface area contributed by atoms with Crippen LogP contribution in [0.2, 0.25) is 0 Å². The largest absolute Gasteiger partial charge is 0.517 e. The van der Waals surface area contributed by atoms with E-state index in [9.17, 15) is 10.1 Å². The lowest BCUT2D eigenvalue weighted by molar-refractivity contribution is -0.805. The van der Waals surface area contributed by atoms with Crippen LogP contribution < -0.4 is 16.1 Å². The summed E-state index contributed by atoms with van der Waals surface area (Å²) in [6.45, 7) is 0. The molecule has 4 N–H and O–H groups in total. The number of tetrazole rings is 1. The standard InChI is InChI=1S/CH3N7O2/c2-1-3-4-5-7(1)6-8(9)10/h6H,(H2,2,3,5)/p+1. The van der Waals surface area contributed by atoms with Gasteiger partial charge in [-0.05, 0) is 5.21 Å². The molecular formula is CH4N7O2+. The van der Waals surface area contributed by atoms with Gasteiger partial charge in [-0.15, -0.1) is 0 Å². The molecule has 0 radical (unpaired) electrons. The average Bonchev–Trinajstić information content (AvgIpc) is 2.15. The highest BCUT2D eigenvalue weighted by molar-refractivity contribution is 4.97. The topological polar surface area (TPSA) is 127 Å². The number of anilines is 1. The minimum absolute atomic E-state index is 0.114. The normalized spacial score (nSPS) is 9.20. The van der Waals surface area contributed by atoms with Gasteiger partial charge in [-0.3, -0.25) is 5.73 Å². The molecule has 1 heterocycles. The van der Waals surface area contributed by atoms with Gasteiger partial charge in [-0.1, -0.05) is 5.53 Å². The summed E-state index contributed by atoms with van der Waals surface area (Å²) in [5, 5.41) is 17.5. The molecule has 9 nitrogen and oxygen atoms in total. The maximum Gasteiger partial charge on any atom is 0.517 e. The number of H-pyrrole nitrogens is 1. The van der Waals surface area contributed by atoms with Crippen LogP contribution in [0, 0.1) is 10.1 Å². The quantitative estimate of drug-likeness (QED) is 0.238. The third-order valence-electron chi connectivity index (χ3n) is 0.708. The molecule has 10 heavy (non-hydrogen) atoms. The Morgan fingerprint density at radius 1 is 1.90 bits per heavy atom. The van der Waals surface area contributed by atoms with Crippen LogP contribution in [0.4, 0.5) is 5.95 Å². The highest BCUT2D eigenvalue weighted by atomic mass is 16.7. The summed E-state index contributed by atoms with van der Waals surface area (Å²) in [6.07, 6.45) is 0. The second kappa shape index (κ2) is 2.13. The molecule has 54 valence electrons. The van der Waals surface area contributed by atoms with Crippen LogP contribution in [-0.2, 0) is 0 Å². The lowest BCUT2D eigenvalue weighted by Crippen LogP contribution is -2.51. The van der Waals surface area contributed by atoms with E-state index in [1.165, 1.54) is 0 Å². The molecule has 0 aliphatic rings. The van der Waals surface area contributed by atoms with Crippen LogP contribution in [-0.4, -0.2) is 20.6 Å². The Kier molecular flexibility index (Phi) is 1.32. The Balaban J connectivity index is 2.74. The van der Waals surface area contributed by atoms with E-state index >= 15 is 0 Å². The number of hydrazine groups is 1. The van der Waals surface area contributed by atoms with Crippen molar-refractivity contribution in [3.05, 3.63) is 10.1 Å². The number of aromatic nitrogens is 4. The predicted octanol–water partition coefficient (Wildman–Crippen LogP) is -2.59. The lowest BCUT2D eigenvalue weighted by Gasteiger charge is -1.93. The Bertz CT molecular complexity index is 240. The van der Waals surface area contributed by atoms with Crippen molar-refractivity contribution < 1.29 is 9.82 Å². The van der Waals surface area contributed by atoms with Crippen LogP contribution in [0.5, 0.6) is 0 Å². The summed E-state index contributed by atoms with van der Waals surface area (Å²) >= 11 is 0. The molecule has 9 heteroatoms. The molecule has 0 aromatic carbocycles. The fraction of sp³-hybridized carbons (Fsp3) is 0. The number of nitro groups is 1. The zero-order valence-electron chi connectivity index (χ0n) is 4.68. The van der Waals surface area contributed by atoms with Crippen LogP contribution in [0.25, 0.3) is 0 Å². The number of nitrogens with one attached hydrogen (secondary N) is 2. The summed E-state index contributed by atoms with van der Waals surface area (Å²) in [5.41, 5.74) is 6.77. The minimum atomic E-state index is -0.795. The Morgan fingerprint density at radius 3 is 3.00 bits per heavy atom. The first-order chi connectivity index (χ1) is 4.70. The van der Waals surface area contributed by atoms with Crippen molar-refractivity contribution in [3.63, 3.8) is 0 Å². The molecule has 1 aromatic heterocycles. The van der Waals surface area contributed by atoms with E-state index in [2.05, 4.69) is 15.5 Å². The first-order valence-corrected chi connectivity index (χ1v) is 2.20. The number of aromatic amines is 1. The molecule has 0 aliphatic carbocycles. The summed E-state index contributed by atoms with van der Waals surface area (Å²) in [6, 6.07) is 0. The van der Waals surface area contributed by atoms with Crippen molar-refractivity contribution in [2.24, 2.45) is 0 Å². The van der Waals surface area contributed by atoms with E-state index in [1.54, 1.807) is 5.53 Å². The zero-order valence-corrected chi connectivity index (χ0v) is 4.68. The summed E-state index contributed by atoms with van der Waals surface area (Å²) in [5.74, 6) is -0.114. The molecule has 0 aliphatic heterocycles. The number of hydrogen-bond donors (Lipinski definition) is 3. The molecule has 0 unspecified atom stereocenters. The monoisotopic (exact) mass is 146 g/mol. The van der Waals surface area contributed by atoms with Crippen molar-refractivity contribution in [2.45, 2.75) is 0 Å². The number of nitrogen functional groups attached to an aromatic ring is 1. The fourth-order valence-corrected chi connectivity index (χ4v) is 0.369. The third kappa shape index (κ3) is 1.07. The first kappa shape index (κ1) is 6.19. The van der Waals surface area contributed by atoms with Gasteiger partial charge in [0.15, 0.2) is 5.10 Å². The van der Waals surface area contributed by atoms with Gasteiger partial charge in [0, 0.05) is 9.82 Å². The Labute approximate surface area is 53.9 Å². The van der Waals surface area contributed by atoms with Crippen LogP contribution in [0.15, 0.2) is 0 Å². The van der Waals surface area contributed by atoms with E-state index in [1.807, 2.05) is 0 Å². The Hall–Kier alpha value is -1.93. The van der Waals surface area contributed by atoms with Crippen LogP contribution >= 0.6 is 0 Å². The number of rotatable bonds is 2. The predicted molar refractivity (Wildman–Crippen MR) is 27.3 cm³/mol. The van der Waals surface area contributed by atoms with Gasteiger partial charge < -0.3 is 10.1 Å². The number of nitrogens with zero attached hydrogens (tertiary/aromatic N) is 4. The molecule has 1 rings (SSSR count). The SMILES string of the molecule is Nc1nn[nH][n+]1N[N+](=O)[O-]. The van der Waals surface area contributed by atoms with Gasteiger partial charge in [0.2, 0.25) is 5.21 Å². The molecule has 0 atom stereocenters. The van der Waals surface area contributed by atoms with Crippen molar-refractivity contribution in [3.8, 4) is 0 Å². The van der Waals surface area contributed by atoms with E-state index in [0.717, 1.165) is 4.79 Å². The average molecular weight is 146 g/mol. The van der Waals surface area contributed by atoms with Gasteiger partial charge in [0.25, 0.3) is 0 Å². The van der Waals surface area contributed by atoms with E-state index in [4.69, 9.17) is 5.73 Å². The maximum absolute atomic E-state index is 9.76. The van der Waals surface area contributed by atoms with Gasteiger partial charge in [0.05, 0.1) is 0 Å². The van der Waals surface area contributed by atoms with Gasteiger partial charge >= 0.3 is 5.95 Å². The van der Waals surface area contributed by atoms with Crippen molar-refractivity contribution >= 4 is 5.95 Å². The molecule has 0 saturated carbocycles. The summed E-state index contributed by atoms with van der Waals surface area (Å²) in [7, 11) is 0. The third-order valence-corrected chi connectivity index (χ3v) is 0.708. The van der Waals surface area contributed by atoms with E-state index < -0.39 is 5.03 Å². The molecule has 0 fully saturated rings. The van der Waals surface area contributed by atoms with Crippen LogP contribution in [0.3, 0.4) is 0 Å². The van der Waals surface area contributed by atoms with E-state index in [0.29, 0.717) is 0 Å². The fourth-order valence-electron chi connectivity index (χ4n) is 0.369. The second-order valence-electron chi connectivity index (χ2n) is 1.35. The molecule has 0 amide bonds. The second-order valence-corrected chi connectivity index (χ2v) is 1.35.